The molecule has 18 heavy (non-hydrogen) atoms. The topological polar surface area (TPSA) is 84.2 Å². The van der Waals surface area contributed by atoms with E-state index in [0.29, 0.717) is 5.69 Å². The highest BCUT2D eigenvalue weighted by Gasteiger charge is 2.15. The van der Waals surface area contributed by atoms with Gasteiger partial charge in [0.25, 0.3) is 0 Å². The maximum Gasteiger partial charge on any atom is 0.339 e. The molecule has 0 saturated heterocycles. The van der Waals surface area contributed by atoms with Crippen molar-refractivity contribution in [2.24, 2.45) is 0 Å². The predicted octanol–water partition coefficient (Wildman–Crippen LogP) is 1.19. The standard InChI is InChI=1S/C12H19N3O3/c1-4-5-8(2)14-11(16)7-15-9(3)10(6-13-15)12(17)18/h6,8H,4-5,7H2,1-3H3,(H,14,16)(H,17,18). The van der Waals surface area contributed by atoms with Crippen molar-refractivity contribution >= 4 is 11.9 Å². The predicted molar refractivity (Wildman–Crippen MR) is 66.4 cm³/mol. The quantitative estimate of drug-likeness (QED) is 0.797. The summed E-state index contributed by atoms with van der Waals surface area (Å²) in [5, 5.41) is 15.6. The minimum atomic E-state index is -1.03. The molecule has 1 aromatic heterocycles. The summed E-state index contributed by atoms with van der Waals surface area (Å²) in [6.07, 6.45) is 3.19. The molecule has 6 nitrogen and oxygen atoms in total. The molecule has 0 saturated carbocycles. The second-order valence-corrected chi connectivity index (χ2v) is 4.36. The third kappa shape index (κ3) is 3.58. The van der Waals surface area contributed by atoms with E-state index in [1.807, 2.05) is 6.92 Å². The van der Waals surface area contributed by atoms with E-state index in [0.717, 1.165) is 12.8 Å². The molecule has 0 spiro atoms. The molecule has 1 aromatic rings. The summed E-state index contributed by atoms with van der Waals surface area (Å²) in [5.74, 6) is -1.18. The molecule has 0 aliphatic carbocycles. The molecule has 1 heterocycles. The van der Waals surface area contributed by atoms with Gasteiger partial charge in [-0.05, 0) is 20.3 Å². The summed E-state index contributed by atoms with van der Waals surface area (Å²) in [6.45, 7) is 5.69. The number of carboxylic acid groups (broad SMARTS) is 1. The van der Waals surface area contributed by atoms with Crippen molar-refractivity contribution in [1.82, 2.24) is 15.1 Å². The first-order valence-electron chi connectivity index (χ1n) is 6.00. The Labute approximate surface area is 106 Å². The van der Waals surface area contributed by atoms with Gasteiger partial charge in [0, 0.05) is 6.04 Å². The molecule has 0 bridgehead atoms. The minimum absolute atomic E-state index is 0.0488. The lowest BCUT2D eigenvalue weighted by molar-refractivity contribution is -0.122. The molecule has 1 rings (SSSR count). The molecule has 0 aromatic carbocycles. The van der Waals surface area contributed by atoms with Crippen molar-refractivity contribution < 1.29 is 14.7 Å². The molecule has 0 aliphatic rings. The van der Waals surface area contributed by atoms with Crippen LogP contribution in [-0.4, -0.2) is 32.8 Å². The zero-order chi connectivity index (χ0) is 13.7. The summed E-state index contributed by atoms with van der Waals surface area (Å²) >= 11 is 0. The molecule has 0 fully saturated rings. The van der Waals surface area contributed by atoms with Crippen molar-refractivity contribution in [3.63, 3.8) is 0 Å². The van der Waals surface area contributed by atoms with Crippen molar-refractivity contribution in [1.29, 1.82) is 0 Å². The Bertz CT molecular complexity index is 440. The summed E-state index contributed by atoms with van der Waals surface area (Å²) in [7, 11) is 0. The van der Waals surface area contributed by atoms with E-state index >= 15 is 0 Å². The number of aromatic nitrogens is 2. The fourth-order valence-electron chi connectivity index (χ4n) is 1.78. The zero-order valence-corrected chi connectivity index (χ0v) is 10.9. The molecular formula is C12H19N3O3. The van der Waals surface area contributed by atoms with Crippen LogP contribution in [0.2, 0.25) is 0 Å². The molecule has 1 amide bonds. The summed E-state index contributed by atoms with van der Waals surface area (Å²) in [6, 6.07) is 0.123. The van der Waals surface area contributed by atoms with Crippen LogP contribution in [0.25, 0.3) is 0 Å². The summed E-state index contributed by atoms with van der Waals surface area (Å²) < 4.78 is 1.40. The van der Waals surface area contributed by atoms with Gasteiger partial charge in [-0.15, -0.1) is 0 Å². The second kappa shape index (κ2) is 6.18. The van der Waals surface area contributed by atoms with E-state index in [1.54, 1.807) is 6.92 Å². The van der Waals surface area contributed by atoms with Crippen LogP contribution < -0.4 is 5.32 Å². The Morgan fingerprint density at radius 2 is 2.22 bits per heavy atom. The highest BCUT2D eigenvalue weighted by atomic mass is 16.4. The number of aromatic carboxylic acids is 1. The highest BCUT2D eigenvalue weighted by molar-refractivity contribution is 5.88. The Morgan fingerprint density at radius 3 is 2.72 bits per heavy atom. The Kier molecular flexibility index (Phi) is 4.88. The van der Waals surface area contributed by atoms with Gasteiger partial charge < -0.3 is 10.4 Å². The first-order valence-corrected chi connectivity index (χ1v) is 6.00. The van der Waals surface area contributed by atoms with E-state index in [4.69, 9.17) is 5.11 Å². The van der Waals surface area contributed by atoms with E-state index in [-0.39, 0.29) is 24.1 Å². The number of carbonyl (C=O) groups excluding carboxylic acids is 1. The maximum atomic E-state index is 11.7. The van der Waals surface area contributed by atoms with Crippen LogP contribution >= 0.6 is 0 Å². The normalized spacial score (nSPS) is 12.2. The number of amides is 1. The van der Waals surface area contributed by atoms with Crippen LogP contribution in [0.4, 0.5) is 0 Å². The van der Waals surface area contributed by atoms with Gasteiger partial charge in [-0.1, -0.05) is 13.3 Å². The number of nitrogens with one attached hydrogen (secondary N) is 1. The van der Waals surface area contributed by atoms with Gasteiger partial charge in [-0.2, -0.15) is 5.10 Å². The van der Waals surface area contributed by atoms with Crippen molar-refractivity contribution in [2.75, 3.05) is 0 Å². The smallest absolute Gasteiger partial charge is 0.339 e. The molecule has 6 heteroatoms. The van der Waals surface area contributed by atoms with E-state index < -0.39 is 5.97 Å². The molecule has 100 valence electrons. The molecule has 0 aliphatic heterocycles. The average molecular weight is 253 g/mol. The van der Waals surface area contributed by atoms with Gasteiger partial charge in [-0.25, -0.2) is 4.79 Å². The third-order valence-corrected chi connectivity index (χ3v) is 2.76. The highest BCUT2D eigenvalue weighted by Crippen LogP contribution is 2.06. The molecule has 2 N–H and O–H groups in total. The van der Waals surface area contributed by atoms with Crippen LogP contribution in [0.15, 0.2) is 6.20 Å². The second-order valence-electron chi connectivity index (χ2n) is 4.36. The van der Waals surface area contributed by atoms with E-state index in [9.17, 15) is 9.59 Å². The van der Waals surface area contributed by atoms with Crippen LogP contribution in [0.1, 0.15) is 42.7 Å². The van der Waals surface area contributed by atoms with Gasteiger partial charge in [0.2, 0.25) is 5.91 Å². The van der Waals surface area contributed by atoms with Gasteiger partial charge in [0.15, 0.2) is 0 Å². The van der Waals surface area contributed by atoms with Crippen molar-refractivity contribution in [3.8, 4) is 0 Å². The molecular weight excluding hydrogens is 234 g/mol. The Morgan fingerprint density at radius 1 is 1.56 bits per heavy atom. The van der Waals surface area contributed by atoms with E-state index in [1.165, 1.54) is 10.9 Å². The van der Waals surface area contributed by atoms with Crippen molar-refractivity contribution in [2.45, 2.75) is 46.2 Å². The number of hydrogen-bond acceptors (Lipinski definition) is 3. The SMILES string of the molecule is CCCC(C)NC(=O)Cn1ncc(C(=O)O)c1C. The largest absolute Gasteiger partial charge is 0.478 e. The summed E-state index contributed by atoms with van der Waals surface area (Å²) in [4.78, 5) is 22.5. The lowest BCUT2D eigenvalue weighted by Crippen LogP contribution is -2.35. The van der Waals surface area contributed by atoms with Gasteiger partial charge in [-0.3, -0.25) is 9.48 Å². The number of nitrogens with zero attached hydrogens (tertiary/aromatic N) is 2. The number of hydrogen-bond donors (Lipinski definition) is 2. The third-order valence-electron chi connectivity index (χ3n) is 2.76. The Balaban J connectivity index is 2.62. The van der Waals surface area contributed by atoms with Gasteiger partial charge in [0.05, 0.1) is 11.9 Å². The Hall–Kier alpha value is -1.85. The molecule has 0 radical (unpaired) electrons. The van der Waals surface area contributed by atoms with Crippen LogP contribution in [-0.2, 0) is 11.3 Å². The van der Waals surface area contributed by atoms with Gasteiger partial charge >= 0.3 is 5.97 Å². The fraction of sp³-hybridized carbons (Fsp3) is 0.583. The first-order chi connectivity index (χ1) is 8.45. The fourth-order valence-corrected chi connectivity index (χ4v) is 1.78. The van der Waals surface area contributed by atoms with Crippen LogP contribution in [0.5, 0.6) is 0 Å². The van der Waals surface area contributed by atoms with E-state index in [2.05, 4.69) is 17.3 Å². The van der Waals surface area contributed by atoms with Crippen LogP contribution in [0, 0.1) is 6.92 Å². The number of carboxylic acids is 1. The lowest BCUT2D eigenvalue weighted by Gasteiger charge is -2.13. The zero-order valence-electron chi connectivity index (χ0n) is 10.9. The molecule has 1 atom stereocenters. The minimum Gasteiger partial charge on any atom is -0.478 e. The summed E-state index contributed by atoms with van der Waals surface area (Å²) in [5.41, 5.74) is 0.616. The first kappa shape index (κ1) is 14.2. The monoisotopic (exact) mass is 253 g/mol. The molecule has 1 unspecified atom stereocenters. The average Bonchev–Trinajstić information content (AvgIpc) is 2.60. The number of carbonyl (C=O) groups is 2. The lowest BCUT2D eigenvalue weighted by atomic mass is 10.2. The number of rotatable bonds is 6. The van der Waals surface area contributed by atoms with Gasteiger partial charge in [0.1, 0.15) is 12.1 Å². The van der Waals surface area contributed by atoms with Crippen LogP contribution in [0.3, 0.4) is 0 Å². The van der Waals surface area contributed by atoms with Crippen molar-refractivity contribution in [3.05, 3.63) is 17.5 Å². The maximum absolute atomic E-state index is 11.7.